The first-order chi connectivity index (χ1) is 13.6. The molecule has 0 aliphatic heterocycles. The third-order valence-corrected chi connectivity index (χ3v) is 5.41. The molecule has 0 aliphatic carbocycles. The molecule has 2 N–H and O–H groups in total. The van der Waals surface area contributed by atoms with Gasteiger partial charge in [0.15, 0.2) is 11.6 Å². The SMILES string of the molecule is Cn1ccc(-c2cc3ncc(-c4cc(F)c(N)nc4F)n3cc2SC(C)(C)C)n1. The number of halogens is 2. The predicted molar refractivity (Wildman–Crippen MR) is 111 cm³/mol. The quantitative estimate of drug-likeness (QED) is 0.393. The number of hydrogen-bond acceptors (Lipinski definition) is 5. The maximum absolute atomic E-state index is 14.4. The Balaban J connectivity index is 1.95. The highest BCUT2D eigenvalue weighted by Crippen LogP contribution is 2.39. The molecule has 150 valence electrons. The van der Waals surface area contributed by atoms with E-state index in [-0.39, 0.29) is 10.3 Å². The van der Waals surface area contributed by atoms with Gasteiger partial charge in [-0.2, -0.15) is 14.5 Å². The molecular weight excluding hydrogens is 394 g/mol. The van der Waals surface area contributed by atoms with Crippen LogP contribution in [0.15, 0.2) is 41.7 Å². The number of nitrogens with zero attached hydrogens (tertiary/aromatic N) is 5. The number of aromatic nitrogens is 5. The first-order valence-corrected chi connectivity index (χ1v) is 9.76. The van der Waals surface area contributed by atoms with Crippen LogP contribution < -0.4 is 5.73 Å². The average molecular weight is 414 g/mol. The van der Waals surface area contributed by atoms with Crippen LogP contribution in [0.2, 0.25) is 0 Å². The highest BCUT2D eigenvalue weighted by Gasteiger charge is 2.21. The van der Waals surface area contributed by atoms with Crippen LogP contribution in [0.3, 0.4) is 0 Å². The summed E-state index contributed by atoms with van der Waals surface area (Å²) in [6.45, 7) is 6.33. The Bertz CT molecular complexity index is 1220. The number of aryl methyl sites for hydroxylation is 1. The van der Waals surface area contributed by atoms with E-state index in [4.69, 9.17) is 5.73 Å². The summed E-state index contributed by atoms with van der Waals surface area (Å²) in [6.07, 6.45) is 5.25. The number of thioether (sulfide) groups is 1. The molecule has 0 unspecified atom stereocenters. The molecule has 0 bridgehead atoms. The molecule has 6 nitrogen and oxygen atoms in total. The fourth-order valence-electron chi connectivity index (χ4n) is 3.03. The van der Waals surface area contributed by atoms with Gasteiger partial charge in [0, 0.05) is 34.6 Å². The number of hydrogen-bond donors (Lipinski definition) is 1. The lowest BCUT2D eigenvalue weighted by Gasteiger charge is -2.20. The van der Waals surface area contributed by atoms with Crippen LogP contribution in [0.4, 0.5) is 14.6 Å². The Hall–Kier alpha value is -2.94. The van der Waals surface area contributed by atoms with E-state index in [0.717, 1.165) is 22.2 Å². The van der Waals surface area contributed by atoms with E-state index in [0.29, 0.717) is 11.3 Å². The van der Waals surface area contributed by atoms with Crippen molar-refractivity contribution in [3.8, 4) is 22.5 Å². The second kappa shape index (κ2) is 6.84. The summed E-state index contributed by atoms with van der Waals surface area (Å²) in [5, 5.41) is 4.51. The maximum atomic E-state index is 14.4. The fourth-order valence-corrected chi connectivity index (χ4v) is 4.12. The molecule has 4 aromatic rings. The fraction of sp³-hybridized carbons (Fsp3) is 0.250. The van der Waals surface area contributed by atoms with Crippen LogP contribution in [-0.4, -0.2) is 28.9 Å². The molecule has 0 spiro atoms. The third kappa shape index (κ3) is 3.69. The number of anilines is 1. The number of imidazole rings is 1. The van der Waals surface area contributed by atoms with Crippen molar-refractivity contribution in [1.82, 2.24) is 24.1 Å². The number of nitrogen functional groups attached to an aromatic ring is 1. The Morgan fingerprint density at radius 2 is 1.90 bits per heavy atom. The molecular formula is C20H20F2N6S. The Morgan fingerprint density at radius 3 is 2.55 bits per heavy atom. The molecule has 9 heteroatoms. The number of pyridine rings is 2. The van der Waals surface area contributed by atoms with Crippen molar-refractivity contribution >= 4 is 23.2 Å². The normalized spacial score (nSPS) is 12.1. The summed E-state index contributed by atoms with van der Waals surface area (Å²) in [6, 6.07) is 4.88. The number of nitrogens with two attached hydrogens (primary N) is 1. The molecule has 4 heterocycles. The van der Waals surface area contributed by atoms with Crippen molar-refractivity contribution in [3.05, 3.63) is 48.6 Å². The standard InChI is InChI=1S/C20H20F2N6S/c1-20(2,3)29-16-10-28-15(12-7-13(21)19(23)25-18(12)22)9-24-17(28)8-11(16)14-5-6-27(4)26-14/h5-10H,1-4H3,(H2,23,25). The molecule has 4 aromatic heterocycles. The molecule has 0 amide bonds. The Kier molecular flexibility index (Phi) is 4.57. The molecule has 0 aromatic carbocycles. The molecule has 0 saturated heterocycles. The molecule has 29 heavy (non-hydrogen) atoms. The largest absolute Gasteiger partial charge is 0.381 e. The molecule has 4 rings (SSSR count). The van der Waals surface area contributed by atoms with E-state index in [9.17, 15) is 8.78 Å². The van der Waals surface area contributed by atoms with Crippen molar-refractivity contribution in [2.45, 2.75) is 30.4 Å². The van der Waals surface area contributed by atoms with Crippen LogP contribution in [0.5, 0.6) is 0 Å². The van der Waals surface area contributed by atoms with Gasteiger partial charge in [0.1, 0.15) is 5.65 Å². The van der Waals surface area contributed by atoms with Gasteiger partial charge in [-0.1, -0.05) is 20.8 Å². The van der Waals surface area contributed by atoms with Gasteiger partial charge in [0.05, 0.1) is 23.1 Å². The summed E-state index contributed by atoms with van der Waals surface area (Å²) < 4.78 is 31.8. The molecule has 0 radical (unpaired) electrons. The van der Waals surface area contributed by atoms with Crippen molar-refractivity contribution in [2.75, 3.05) is 5.73 Å². The van der Waals surface area contributed by atoms with Crippen LogP contribution in [0, 0.1) is 11.8 Å². The van der Waals surface area contributed by atoms with Crippen molar-refractivity contribution in [1.29, 1.82) is 0 Å². The lowest BCUT2D eigenvalue weighted by molar-refractivity contribution is 0.568. The summed E-state index contributed by atoms with van der Waals surface area (Å²) in [4.78, 5) is 8.80. The maximum Gasteiger partial charge on any atom is 0.224 e. The predicted octanol–water partition coefficient (Wildman–Crippen LogP) is 4.55. The second-order valence-electron chi connectivity index (χ2n) is 7.71. The minimum atomic E-state index is -0.843. The molecule has 0 saturated carbocycles. The molecule has 0 aliphatic rings. The zero-order valence-electron chi connectivity index (χ0n) is 16.4. The first kappa shape index (κ1) is 19.4. The van der Waals surface area contributed by atoms with E-state index in [1.165, 1.54) is 6.20 Å². The lowest BCUT2D eigenvalue weighted by atomic mass is 10.2. The Labute approximate surface area is 170 Å². The van der Waals surface area contributed by atoms with Gasteiger partial charge in [-0.15, -0.1) is 11.8 Å². The van der Waals surface area contributed by atoms with E-state index in [2.05, 4.69) is 35.8 Å². The van der Waals surface area contributed by atoms with Gasteiger partial charge in [-0.3, -0.25) is 9.08 Å². The summed E-state index contributed by atoms with van der Waals surface area (Å²) in [7, 11) is 1.86. The van der Waals surface area contributed by atoms with Gasteiger partial charge >= 0.3 is 0 Å². The van der Waals surface area contributed by atoms with E-state index < -0.39 is 17.6 Å². The van der Waals surface area contributed by atoms with Crippen LogP contribution in [0.25, 0.3) is 28.2 Å². The first-order valence-electron chi connectivity index (χ1n) is 8.94. The third-order valence-electron chi connectivity index (χ3n) is 4.25. The van der Waals surface area contributed by atoms with Gasteiger partial charge in [-0.05, 0) is 18.2 Å². The topological polar surface area (TPSA) is 74.0 Å². The smallest absolute Gasteiger partial charge is 0.224 e. The van der Waals surface area contributed by atoms with Gasteiger partial charge < -0.3 is 5.73 Å². The van der Waals surface area contributed by atoms with Crippen molar-refractivity contribution in [3.63, 3.8) is 0 Å². The van der Waals surface area contributed by atoms with E-state index in [1.807, 2.05) is 31.6 Å². The van der Waals surface area contributed by atoms with Crippen LogP contribution >= 0.6 is 11.8 Å². The summed E-state index contributed by atoms with van der Waals surface area (Å²) >= 11 is 1.66. The van der Waals surface area contributed by atoms with Crippen molar-refractivity contribution < 1.29 is 8.78 Å². The summed E-state index contributed by atoms with van der Waals surface area (Å²) in [5.74, 6) is -2.09. The van der Waals surface area contributed by atoms with Crippen molar-refractivity contribution in [2.24, 2.45) is 7.05 Å². The number of rotatable bonds is 3. The number of fused-ring (bicyclic) bond motifs is 1. The van der Waals surface area contributed by atoms with E-state index in [1.54, 1.807) is 20.8 Å². The zero-order valence-corrected chi connectivity index (χ0v) is 17.3. The minimum absolute atomic E-state index is 0.00138. The van der Waals surface area contributed by atoms with Gasteiger partial charge in [0.2, 0.25) is 5.95 Å². The van der Waals surface area contributed by atoms with Gasteiger partial charge in [-0.25, -0.2) is 9.37 Å². The molecule has 0 fully saturated rings. The average Bonchev–Trinajstić information content (AvgIpc) is 3.22. The monoisotopic (exact) mass is 414 g/mol. The Morgan fingerprint density at radius 1 is 1.14 bits per heavy atom. The minimum Gasteiger partial charge on any atom is -0.381 e. The molecule has 0 atom stereocenters. The van der Waals surface area contributed by atoms with Crippen LogP contribution in [0.1, 0.15) is 20.8 Å². The highest BCUT2D eigenvalue weighted by molar-refractivity contribution is 8.00. The zero-order chi connectivity index (χ0) is 20.9. The van der Waals surface area contributed by atoms with E-state index >= 15 is 0 Å². The lowest BCUT2D eigenvalue weighted by Crippen LogP contribution is -2.08. The summed E-state index contributed by atoms with van der Waals surface area (Å²) in [5.41, 5.74) is 8.11. The highest BCUT2D eigenvalue weighted by atomic mass is 32.2. The second-order valence-corrected chi connectivity index (χ2v) is 9.57. The van der Waals surface area contributed by atoms with Crippen LogP contribution in [-0.2, 0) is 7.05 Å². The van der Waals surface area contributed by atoms with Gasteiger partial charge in [0.25, 0.3) is 0 Å².